The fourth-order valence-electron chi connectivity index (χ4n) is 6.97. The molecule has 13 heteroatoms. The summed E-state index contributed by atoms with van der Waals surface area (Å²) in [6.45, 7) is 8.41. The number of fused-ring (bicyclic) bond motifs is 1. The predicted octanol–water partition coefficient (Wildman–Crippen LogP) is 4.63. The highest BCUT2D eigenvalue weighted by atomic mass is 32.2. The van der Waals surface area contributed by atoms with Crippen LogP contribution in [0.2, 0.25) is 0 Å². The summed E-state index contributed by atoms with van der Waals surface area (Å²) in [5, 5.41) is 6.72. The molecule has 2 atom stereocenters. The number of nitrogens with one attached hydrogen (secondary N) is 2. The van der Waals surface area contributed by atoms with Crippen molar-refractivity contribution in [3.63, 3.8) is 0 Å². The number of amides is 2. The van der Waals surface area contributed by atoms with Crippen molar-refractivity contribution >= 4 is 27.5 Å². The summed E-state index contributed by atoms with van der Waals surface area (Å²) in [7, 11) is -0.887. The second-order valence-corrected chi connectivity index (χ2v) is 14.1. The highest BCUT2D eigenvalue weighted by Gasteiger charge is 2.43. The zero-order valence-corrected chi connectivity index (χ0v) is 29.2. The maximum atomic E-state index is 14.4. The van der Waals surface area contributed by atoms with Crippen molar-refractivity contribution < 1.29 is 27.5 Å². The van der Waals surface area contributed by atoms with Gasteiger partial charge in [0.05, 0.1) is 48.5 Å². The number of benzene rings is 3. The minimum atomic E-state index is -3.92. The summed E-state index contributed by atoms with van der Waals surface area (Å²) >= 11 is 0. The first kappa shape index (κ1) is 34.2. The average Bonchev–Trinajstić information content (AvgIpc) is 3.60. The quantitative estimate of drug-likeness (QED) is 0.204. The summed E-state index contributed by atoms with van der Waals surface area (Å²) in [6.07, 6.45) is 0.113. The van der Waals surface area contributed by atoms with Gasteiger partial charge in [0.1, 0.15) is 4.90 Å². The predicted molar refractivity (Wildman–Crippen MR) is 186 cm³/mol. The number of rotatable bonds is 12. The molecule has 1 saturated heterocycles. The summed E-state index contributed by atoms with van der Waals surface area (Å²) in [5.41, 5.74) is 4.06. The van der Waals surface area contributed by atoms with Gasteiger partial charge in [-0.1, -0.05) is 42.5 Å². The number of ether oxygens (including phenoxy) is 2. The molecule has 0 radical (unpaired) electrons. The molecule has 0 aliphatic carbocycles. The van der Waals surface area contributed by atoms with Crippen LogP contribution in [0.1, 0.15) is 68.7 Å². The number of methoxy groups -OCH3 is 2. The van der Waals surface area contributed by atoms with E-state index in [1.165, 1.54) is 24.7 Å². The lowest BCUT2D eigenvalue weighted by atomic mass is 10.0. The number of hydrogen-bond donors (Lipinski definition) is 2. The molecule has 12 nitrogen and oxygen atoms in total. The number of piperazine rings is 1. The number of nitrogens with zero attached hydrogens (tertiary/aromatic N) is 4. The summed E-state index contributed by atoms with van der Waals surface area (Å²) in [6, 6.07) is 20.4. The number of aromatic amines is 1. The Bertz CT molecular complexity index is 1940. The van der Waals surface area contributed by atoms with E-state index in [-0.39, 0.29) is 23.9 Å². The number of aryl methyl sites for hydroxylation is 2. The van der Waals surface area contributed by atoms with Crippen molar-refractivity contribution in [1.29, 1.82) is 0 Å². The highest BCUT2D eigenvalue weighted by Crippen LogP contribution is 2.40. The van der Waals surface area contributed by atoms with Crippen LogP contribution >= 0.6 is 0 Å². The van der Waals surface area contributed by atoms with Crippen LogP contribution in [0.5, 0.6) is 11.5 Å². The van der Waals surface area contributed by atoms with Crippen LogP contribution in [0, 0.1) is 13.8 Å². The molecule has 2 amide bonds. The second-order valence-electron chi connectivity index (χ2n) is 12.4. The molecule has 0 spiro atoms. The lowest BCUT2D eigenvalue weighted by molar-refractivity contribution is 0.0575. The van der Waals surface area contributed by atoms with E-state index in [2.05, 4.69) is 55.9 Å². The molecule has 2 N–H and O–H groups in total. The topological polar surface area (TPSA) is 137 Å². The molecule has 2 aliphatic heterocycles. The number of imide groups is 1. The summed E-state index contributed by atoms with van der Waals surface area (Å²) < 4.78 is 40.2. The standard InChI is InChI=1S/C36H42N6O6S/c1-23-34(24(2)39-38-23)49(45,46)37-17-16-29(27-14-15-31(47-4)32(22-27)48-5)42-35(43)28-12-9-13-30(33(28)36(42)44)41-20-18-40(19-21-41)25(3)26-10-7-6-8-11-26/h6-15,22,25,29,37H,16-21H2,1-5H3,(H,38,39)/t25-,29-/m1/s1. The van der Waals surface area contributed by atoms with Gasteiger partial charge in [0.15, 0.2) is 11.5 Å². The van der Waals surface area contributed by atoms with Gasteiger partial charge in [0.2, 0.25) is 10.0 Å². The van der Waals surface area contributed by atoms with Crippen LogP contribution in [0.15, 0.2) is 71.6 Å². The SMILES string of the molecule is COc1ccc([C@@H](CCNS(=O)(=O)c2c(C)n[nH]c2C)N2C(=O)c3cccc(N4CCN([C@H](C)c5ccccc5)CC4)c3C2=O)cc1OC. The lowest BCUT2D eigenvalue weighted by Gasteiger charge is -2.39. The van der Waals surface area contributed by atoms with Crippen molar-refractivity contribution in [2.24, 2.45) is 0 Å². The molecule has 0 unspecified atom stereocenters. The fourth-order valence-corrected chi connectivity index (χ4v) is 8.38. The molecule has 2 aliphatic rings. The van der Waals surface area contributed by atoms with Gasteiger partial charge in [-0.15, -0.1) is 0 Å². The Kier molecular flexibility index (Phi) is 9.77. The lowest BCUT2D eigenvalue weighted by Crippen LogP contribution is -2.47. The van der Waals surface area contributed by atoms with Crippen LogP contribution in [0.3, 0.4) is 0 Å². The molecule has 3 heterocycles. The Morgan fingerprint density at radius 2 is 1.59 bits per heavy atom. The molecule has 1 aromatic heterocycles. The zero-order chi connectivity index (χ0) is 34.9. The van der Waals surface area contributed by atoms with Gasteiger partial charge in [-0.05, 0) is 62.6 Å². The Balaban J connectivity index is 1.27. The van der Waals surface area contributed by atoms with E-state index in [0.717, 1.165) is 18.8 Å². The number of H-pyrrole nitrogens is 1. The first-order chi connectivity index (χ1) is 23.6. The first-order valence-electron chi connectivity index (χ1n) is 16.3. The molecule has 4 aromatic rings. The fraction of sp³-hybridized carbons (Fsp3) is 0.361. The van der Waals surface area contributed by atoms with Crippen LogP contribution in [-0.4, -0.2) is 87.2 Å². The van der Waals surface area contributed by atoms with Gasteiger partial charge >= 0.3 is 0 Å². The van der Waals surface area contributed by atoms with Crippen molar-refractivity contribution in [3.8, 4) is 11.5 Å². The number of carbonyl (C=O) groups excluding carboxylic acids is 2. The van der Waals surface area contributed by atoms with Gasteiger partial charge in [-0.25, -0.2) is 13.1 Å². The number of hydrogen-bond acceptors (Lipinski definition) is 9. The van der Waals surface area contributed by atoms with E-state index in [1.54, 1.807) is 38.1 Å². The van der Waals surface area contributed by atoms with Gasteiger partial charge in [0, 0.05) is 38.8 Å². The van der Waals surface area contributed by atoms with Gasteiger partial charge in [-0.3, -0.25) is 24.5 Å². The Labute approximate surface area is 287 Å². The summed E-state index contributed by atoms with van der Waals surface area (Å²) in [4.78, 5) is 34.5. The first-order valence-corrected chi connectivity index (χ1v) is 17.8. The average molecular weight is 687 g/mol. The zero-order valence-electron chi connectivity index (χ0n) is 28.4. The third-order valence-corrected chi connectivity index (χ3v) is 11.3. The molecule has 3 aromatic carbocycles. The molecular weight excluding hydrogens is 644 g/mol. The number of aromatic nitrogens is 2. The largest absolute Gasteiger partial charge is 0.493 e. The maximum absolute atomic E-state index is 14.4. The van der Waals surface area contributed by atoms with Crippen molar-refractivity contribution in [1.82, 2.24) is 24.7 Å². The number of carbonyl (C=O) groups is 2. The minimum absolute atomic E-state index is 0.0484. The minimum Gasteiger partial charge on any atom is -0.493 e. The van der Waals surface area contributed by atoms with Crippen LogP contribution in [0.4, 0.5) is 5.69 Å². The van der Waals surface area contributed by atoms with Crippen molar-refractivity contribution in [2.75, 3.05) is 51.8 Å². The van der Waals surface area contributed by atoms with Crippen molar-refractivity contribution in [3.05, 3.63) is 100 Å². The Morgan fingerprint density at radius 1 is 0.878 bits per heavy atom. The van der Waals surface area contributed by atoms with Gasteiger partial charge < -0.3 is 14.4 Å². The van der Waals surface area contributed by atoms with Crippen LogP contribution in [-0.2, 0) is 10.0 Å². The van der Waals surface area contributed by atoms with Gasteiger partial charge in [-0.2, -0.15) is 5.10 Å². The van der Waals surface area contributed by atoms with E-state index in [0.29, 0.717) is 52.7 Å². The summed E-state index contributed by atoms with van der Waals surface area (Å²) in [5.74, 6) is 0.0688. The van der Waals surface area contributed by atoms with Crippen LogP contribution < -0.4 is 19.1 Å². The van der Waals surface area contributed by atoms with Gasteiger partial charge in [0.25, 0.3) is 11.8 Å². The van der Waals surface area contributed by atoms with Crippen LogP contribution in [0.25, 0.3) is 0 Å². The molecule has 0 saturated carbocycles. The van der Waals surface area contributed by atoms with Crippen molar-refractivity contribution in [2.45, 2.75) is 44.2 Å². The molecule has 49 heavy (non-hydrogen) atoms. The van der Waals surface area contributed by atoms with E-state index in [4.69, 9.17) is 9.47 Å². The monoisotopic (exact) mass is 686 g/mol. The maximum Gasteiger partial charge on any atom is 0.264 e. The number of sulfonamides is 1. The highest BCUT2D eigenvalue weighted by molar-refractivity contribution is 7.89. The Hall–Kier alpha value is -4.72. The van der Waals surface area contributed by atoms with E-state index < -0.39 is 27.9 Å². The normalized spacial score (nSPS) is 16.5. The smallest absolute Gasteiger partial charge is 0.264 e. The second kappa shape index (κ2) is 14.0. The van der Waals surface area contributed by atoms with E-state index in [1.807, 2.05) is 18.2 Å². The third-order valence-electron chi connectivity index (χ3n) is 9.55. The molecule has 0 bridgehead atoms. The molecular formula is C36H42N6O6S. The number of anilines is 1. The van der Waals surface area contributed by atoms with E-state index in [9.17, 15) is 18.0 Å². The van der Waals surface area contributed by atoms with E-state index >= 15 is 0 Å². The Morgan fingerprint density at radius 3 is 2.24 bits per heavy atom. The molecule has 1 fully saturated rings. The third kappa shape index (κ3) is 6.53. The molecule has 6 rings (SSSR count). The molecule has 258 valence electrons.